The molecule has 0 spiro atoms. The van der Waals surface area contributed by atoms with Crippen molar-refractivity contribution in [3.8, 4) is 22.3 Å². The van der Waals surface area contributed by atoms with Crippen LogP contribution >= 0.6 is 15.9 Å². The van der Waals surface area contributed by atoms with Gasteiger partial charge in [-0.15, -0.1) is 0 Å². The Kier molecular flexibility index (Phi) is 3.75. The van der Waals surface area contributed by atoms with E-state index in [1.165, 1.54) is 27.7 Å². The van der Waals surface area contributed by atoms with E-state index in [1.807, 2.05) is 6.07 Å². The van der Waals surface area contributed by atoms with Gasteiger partial charge in [0.05, 0.1) is 0 Å². The molecule has 0 aliphatic rings. The van der Waals surface area contributed by atoms with Crippen LogP contribution < -0.4 is 5.46 Å². The maximum absolute atomic E-state index is 3.57. The summed E-state index contributed by atoms with van der Waals surface area (Å²) in [5.74, 6) is 0. The number of halogens is 1. The average molecular weight is 321 g/mol. The lowest BCUT2D eigenvalue weighted by Crippen LogP contribution is -2.01. The zero-order chi connectivity index (χ0) is 13.9. The summed E-state index contributed by atoms with van der Waals surface area (Å²) in [5.41, 5.74) is 6.26. The second-order valence-electron chi connectivity index (χ2n) is 4.96. The highest BCUT2D eigenvalue weighted by Crippen LogP contribution is 2.27. The molecule has 0 aliphatic carbocycles. The van der Waals surface area contributed by atoms with Crippen molar-refractivity contribution < 1.29 is 0 Å². The smallest absolute Gasteiger partial charge is 0.0872 e. The Bertz CT molecular complexity index is 715. The molecule has 0 saturated heterocycles. The van der Waals surface area contributed by atoms with E-state index in [0.29, 0.717) is 0 Å². The first kappa shape index (κ1) is 13.2. The standard InChI is InChI=1S/C18H14BBr/c19-17-10-16(11-18(20)12-17)15-8-4-7-14(9-15)13-5-2-1-3-6-13/h1-12H,19H2. The molecule has 0 radical (unpaired) electrons. The second-order valence-corrected chi connectivity index (χ2v) is 5.88. The lowest BCUT2D eigenvalue weighted by molar-refractivity contribution is 1.59. The molecule has 0 nitrogen and oxygen atoms in total. The fraction of sp³-hybridized carbons (Fsp3) is 0. The van der Waals surface area contributed by atoms with E-state index in [1.54, 1.807) is 0 Å². The van der Waals surface area contributed by atoms with E-state index >= 15 is 0 Å². The Morgan fingerprint density at radius 3 is 1.95 bits per heavy atom. The lowest BCUT2D eigenvalue weighted by atomic mass is 9.91. The van der Waals surface area contributed by atoms with Crippen molar-refractivity contribution in [1.29, 1.82) is 0 Å². The predicted octanol–water partition coefficient (Wildman–Crippen LogP) is 4.04. The third-order valence-corrected chi connectivity index (χ3v) is 3.80. The van der Waals surface area contributed by atoms with Crippen LogP contribution in [0.5, 0.6) is 0 Å². The van der Waals surface area contributed by atoms with Crippen LogP contribution in [-0.2, 0) is 0 Å². The first-order chi connectivity index (χ1) is 9.72. The van der Waals surface area contributed by atoms with Crippen molar-refractivity contribution >= 4 is 29.2 Å². The zero-order valence-electron chi connectivity index (χ0n) is 11.3. The number of benzene rings is 3. The molecule has 0 saturated carbocycles. The second kappa shape index (κ2) is 5.68. The van der Waals surface area contributed by atoms with Crippen LogP contribution in [-0.4, -0.2) is 7.85 Å². The lowest BCUT2D eigenvalue weighted by Gasteiger charge is -2.08. The highest BCUT2D eigenvalue weighted by atomic mass is 79.9. The fourth-order valence-corrected chi connectivity index (χ4v) is 3.02. The molecule has 96 valence electrons. The molecule has 0 bridgehead atoms. The molecule has 0 atom stereocenters. The van der Waals surface area contributed by atoms with E-state index < -0.39 is 0 Å². The molecule has 0 aliphatic heterocycles. The van der Waals surface area contributed by atoms with Crippen LogP contribution in [0.3, 0.4) is 0 Å². The van der Waals surface area contributed by atoms with Crippen molar-refractivity contribution in [3.05, 3.63) is 77.3 Å². The molecule has 3 rings (SSSR count). The molecule has 3 aromatic carbocycles. The molecule has 20 heavy (non-hydrogen) atoms. The third-order valence-electron chi connectivity index (χ3n) is 3.35. The van der Waals surface area contributed by atoms with Crippen molar-refractivity contribution in [3.63, 3.8) is 0 Å². The Morgan fingerprint density at radius 1 is 0.600 bits per heavy atom. The summed E-state index contributed by atoms with van der Waals surface area (Å²) < 4.78 is 1.12. The Morgan fingerprint density at radius 2 is 1.25 bits per heavy atom. The number of hydrogen-bond donors (Lipinski definition) is 0. The average Bonchev–Trinajstić information content (AvgIpc) is 2.47. The fourth-order valence-electron chi connectivity index (χ4n) is 2.41. The minimum absolute atomic E-state index is 1.12. The third kappa shape index (κ3) is 2.86. The quantitative estimate of drug-likeness (QED) is 0.625. The van der Waals surface area contributed by atoms with Gasteiger partial charge in [-0.2, -0.15) is 0 Å². The highest BCUT2D eigenvalue weighted by molar-refractivity contribution is 9.10. The Hall–Kier alpha value is -1.80. The maximum atomic E-state index is 3.57. The SMILES string of the molecule is Bc1cc(Br)cc(-c2cccc(-c3ccccc3)c2)c1. The number of rotatable bonds is 2. The first-order valence-electron chi connectivity index (χ1n) is 6.65. The molecule has 0 fully saturated rings. The van der Waals surface area contributed by atoms with Gasteiger partial charge in [-0.3, -0.25) is 0 Å². The van der Waals surface area contributed by atoms with Crippen LogP contribution in [0.15, 0.2) is 77.3 Å². The van der Waals surface area contributed by atoms with Crippen LogP contribution in [0.4, 0.5) is 0 Å². The van der Waals surface area contributed by atoms with Crippen LogP contribution in [0.25, 0.3) is 22.3 Å². The maximum Gasteiger partial charge on any atom is 0.139 e. The van der Waals surface area contributed by atoms with Gasteiger partial charge < -0.3 is 0 Å². The largest absolute Gasteiger partial charge is 0.139 e. The van der Waals surface area contributed by atoms with Gasteiger partial charge in [0.1, 0.15) is 7.85 Å². The zero-order valence-corrected chi connectivity index (χ0v) is 12.9. The molecule has 3 aromatic rings. The molecule has 0 heterocycles. The van der Waals surface area contributed by atoms with Gasteiger partial charge in [0.25, 0.3) is 0 Å². The minimum Gasteiger partial charge on any atom is -0.0872 e. The summed E-state index contributed by atoms with van der Waals surface area (Å²) in [5, 5.41) is 0. The highest BCUT2D eigenvalue weighted by Gasteiger charge is 2.03. The summed E-state index contributed by atoms with van der Waals surface area (Å²) in [6, 6.07) is 25.7. The Balaban J connectivity index is 2.07. The molecule has 2 heteroatoms. The van der Waals surface area contributed by atoms with E-state index in [4.69, 9.17) is 0 Å². The van der Waals surface area contributed by atoms with Crippen LogP contribution in [0, 0.1) is 0 Å². The van der Waals surface area contributed by atoms with Gasteiger partial charge in [-0.1, -0.05) is 82.1 Å². The van der Waals surface area contributed by atoms with E-state index in [2.05, 4.69) is 90.5 Å². The van der Waals surface area contributed by atoms with Gasteiger partial charge in [-0.05, 0) is 34.4 Å². The van der Waals surface area contributed by atoms with Crippen molar-refractivity contribution in [2.75, 3.05) is 0 Å². The first-order valence-corrected chi connectivity index (χ1v) is 7.45. The van der Waals surface area contributed by atoms with Crippen molar-refractivity contribution in [1.82, 2.24) is 0 Å². The summed E-state index contributed by atoms with van der Waals surface area (Å²) in [6.45, 7) is 0. The molecule has 0 unspecified atom stereocenters. The predicted molar refractivity (Wildman–Crippen MR) is 93.2 cm³/mol. The molecular weight excluding hydrogens is 307 g/mol. The monoisotopic (exact) mass is 320 g/mol. The van der Waals surface area contributed by atoms with Gasteiger partial charge >= 0.3 is 0 Å². The normalized spacial score (nSPS) is 10.4. The van der Waals surface area contributed by atoms with Gasteiger partial charge in [0.15, 0.2) is 0 Å². The topological polar surface area (TPSA) is 0 Å². The molecular formula is C18H14BBr. The van der Waals surface area contributed by atoms with E-state index in [0.717, 1.165) is 4.47 Å². The van der Waals surface area contributed by atoms with Crippen molar-refractivity contribution in [2.45, 2.75) is 0 Å². The minimum atomic E-state index is 1.12. The summed E-state index contributed by atoms with van der Waals surface area (Å²) >= 11 is 3.57. The summed E-state index contributed by atoms with van der Waals surface area (Å²) in [7, 11) is 2.12. The molecule has 0 amide bonds. The van der Waals surface area contributed by atoms with E-state index in [-0.39, 0.29) is 0 Å². The van der Waals surface area contributed by atoms with Crippen molar-refractivity contribution in [2.24, 2.45) is 0 Å². The van der Waals surface area contributed by atoms with Gasteiger partial charge in [0.2, 0.25) is 0 Å². The van der Waals surface area contributed by atoms with Crippen LogP contribution in [0.2, 0.25) is 0 Å². The summed E-state index contributed by atoms with van der Waals surface area (Å²) in [6.07, 6.45) is 0. The van der Waals surface area contributed by atoms with Crippen LogP contribution in [0.1, 0.15) is 0 Å². The number of hydrogen-bond acceptors (Lipinski definition) is 0. The molecule has 0 aromatic heterocycles. The van der Waals surface area contributed by atoms with E-state index in [9.17, 15) is 0 Å². The summed E-state index contributed by atoms with van der Waals surface area (Å²) in [4.78, 5) is 0. The molecule has 0 N–H and O–H groups in total. The Labute approximate surface area is 129 Å². The van der Waals surface area contributed by atoms with Gasteiger partial charge in [0, 0.05) is 4.47 Å². The van der Waals surface area contributed by atoms with Gasteiger partial charge in [-0.25, -0.2) is 0 Å².